The molecule has 0 radical (unpaired) electrons. The van der Waals surface area contributed by atoms with Crippen molar-refractivity contribution in [3.8, 4) is 11.4 Å². The van der Waals surface area contributed by atoms with Gasteiger partial charge in [0, 0.05) is 17.2 Å². The van der Waals surface area contributed by atoms with Gasteiger partial charge in [-0.1, -0.05) is 23.4 Å². The molecule has 8 nitrogen and oxygen atoms in total. The normalized spacial score (nSPS) is 14.9. The Hall–Kier alpha value is -3.04. The summed E-state index contributed by atoms with van der Waals surface area (Å²) in [5, 5.41) is 6.76. The van der Waals surface area contributed by atoms with E-state index in [0.29, 0.717) is 34.4 Å². The zero-order valence-electron chi connectivity index (χ0n) is 18.5. The lowest BCUT2D eigenvalue weighted by Gasteiger charge is -2.16. The van der Waals surface area contributed by atoms with Gasteiger partial charge in [-0.15, -0.1) is 0 Å². The largest absolute Gasteiger partial charge is 0.339 e. The number of sulfonamides is 1. The quantitative estimate of drug-likeness (QED) is 0.561. The van der Waals surface area contributed by atoms with Crippen LogP contribution in [0.5, 0.6) is 0 Å². The minimum Gasteiger partial charge on any atom is -0.339 e. The van der Waals surface area contributed by atoms with Crippen LogP contribution in [0.1, 0.15) is 48.3 Å². The Morgan fingerprint density at radius 2 is 1.78 bits per heavy atom. The summed E-state index contributed by atoms with van der Waals surface area (Å²) in [6.07, 6.45) is 2.06. The maximum atomic E-state index is 13.1. The molecule has 1 amide bonds. The number of rotatable bonds is 7. The molecule has 32 heavy (non-hydrogen) atoms. The lowest BCUT2D eigenvalue weighted by Crippen LogP contribution is -2.41. The van der Waals surface area contributed by atoms with E-state index >= 15 is 0 Å². The van der Waals surface area contributed by atoms with Crippen LogP contribution in [0.15, 0.2) is 45.8 Å². The Morgan fingerprint density at radius 3 is 2.44 bits per heavy atom. The second-order valence-corrected chi connectivity index (χ2v) is 10.1. The number of carbonyl (C=O) groups is 1. The van der Waals surface area contributed by atoms with Crippen LogP contribution in [-0.4, -0.2) is 30.5 Å². The maximum absolute atomic E-state index is 13.1. The van der Waals surface area contributed by atoms with Gasteiger partial charge in [0.2, 0.25) is 27.6 Å². The van der Waals surface area contributed by atoms with Crippen LogP contribution in [0, 0.1) is 20.8 Å². The molecule has 0 unspecified atom stereocenters. The number of aryl methyl sites for hydroxylation is 3. The van der Waals surface area contributed by atoms with Crippen LogP contribution in [0.4, 0.5) is 5.69 Å². The lowest BCUT2D eigenvalue weighted by molar-refractivity contribution is -0.117. The minimum atomic E-state index is -3.97. The van der Waals surface area contributed by atoms with E-state index in [1.165, 1.54) is 13.0 Å². The molecule has 0 aliphatic heterocycles. The van der Waals surface area contributed by atoms with E-state index in [0.717, 1.165) is 24.0 Å². The second kappa shape index (κ2) is 8.48. The molecule has 1 atom stereocenters. The molecule has 2 aromatic carbocycles. The first kappa shape index (κ1) is 22.2. The molecular formula is C23H26N4O4S. The Balaban J connectivity index is 1.52. The molecule has 9 heteroatoms. The van der Waals surface area contributed by atoms with E-state index in [1.807, 2.05) is 32.0 Å². The number of amides is 1. The van der Waals surface area contributed by atoms with Gasteiger partial charge in [0.15, 0.2) is 0 Å². The van der Waals surface area contributed by atoms with Gasteiger partial charge in [0.1, 0.15) is 0 Å². The number of anilines is 1. The second-order valence-electron chi connectivity index (χ2n) is 8.42. The fraction of sp³-hybridized carbons (Fsp3) is 0.348. The molecule has 1 saturated carbocycles. The summed E-state index contributed by atoms with van der Waals surface area (Å²) >= 11 is 0. The predicted molar refractivity (Wildman–Crippen MR) is 121 cm³/mol. The first-order chi connectivity index (χ1) is 15.1. The van der Waals surface area contributed by atoms with Crippen LogP contribution in [0.25, 0.3) is 11.4 Å². The number of nitrogens with one attached hydrogen (secondary N) is 2. The predicted octanol–water partition coefficient (Wildman–Crippen LogP) is 3.84. The minimum absolute atomic E-state index is 0.0684. The summed E-state index contributed by atoms with van der Waals surface area (Å²) in [4.78, 5) is 17.1. The van der Waals surface area contributed by atoms with Crippen molar-refractivity contribution in [2.45, 2.75) is 57.4 Å². The third-order valence-corrected chi connectivity index (χ3v) is 7.00. The first-order valence-electron chi connectivity index (χ1n) is 10.5. The molecular weight excluding hydrogens is 428 g/mol. The van der Waals surface area contributed by atoms with E-state index in [1.54, 1.807) is 19.1 Å². The zero-order valence-corrected chi connectivity index (χ0v) is 19.3. The Kier molecular flexibility index (Phi) is 5.87. The molecule has 2 N–H and O–H groups in total. The van der Waals surface area contributed by atoms with Gasteiger partial charge in [-0.25, -0.2) is 8.42 Å². The fourth-order valence-electron chi connectivity index (χ4n) is 3.52. The maximum Gasteiger partial charge on any atom is 0.242 e. The highest BCUT2D eigenvalue weighted by atomic mass is 32.2. The molecule has 0 spiro atoms. The van der Waals surface area contributed by atoms with Gasteiger partial charge in [-0.05, 0) is 75.4 Å². The monoisotopic (exact) mass is 454 g/mol. The molecule has 1 aliphatic carbocycles. The van der Waals surface area contributed by atoms with Crippen molar-refractivity contribution in [3.63, 3.8) is 0 Å². The molecule has 168 valence electrons. The molecule has 1 fully saturated rings. The topological polar surface area (TPSA) is 114 Å². The molecule has 0 saturated heterocycles. The number of carbonyl (C=O) groups excluding carboxylic acids is 1. The molecule has 3 aromatic rings. The highest BCUT2D eigenvalue weighted by molar-refractivity contribution is 7.89. The van der Waals surface area contributed by atoms with Crippen molar-refractivity contribution in [2.24, 2.45) is 0 Å². The van der Waals surface area contributed by atoms with Gasteiger partial charge < -0.3 is 9.84 Å². The zero-order chi connectivity index (χ0) is 23.0. The number of nitrogens with zero attached hydrogens (tertiary/aromatic N) is 2. The lowest BCUT2D eigenvalue weighted by atomic mass is 10.1. The van der Waals surface area contributed by atoms with E-state index in [-0.39, 0.29) is 4.90 Å². The highest BCUT2D eigenvalue weighted by Gasteiger charge is 2.30. The average molecular weight is 455 g/mol. The van der Waals surface area contributed by atoms with E-state index in [2.05, 4.69) is 20.2 Å². The van der Waals surface area contributed by atoms with Crippen molar-refractivity contribution < 1.29 is 17.7 Å². The summed E-state index contributed by atoms with van der Waals surface area (Å²) in [7, 11) is -3.97. The van der Waals surface area contributed by atoms with Gasteiger partial charge in [0.05, 0.1) is 10.9 Å². The number of hydrogen-bond acceptors (Lipinski definition) is 6. The third kappa shape index (κ3) is 4.89. The third-order valence-electron chi connectivity index (χ3n) is 5.32. The average Bonchev–Trinajstić information content (AvgIpc) is 3.44. The van der Waals surface area contributed by atoms with Crippen molar-refractivity contribution in [1.82, 2.24) is 14.9 Å². The highest BCUT2D eigenvalue weighted by Crippen LogP contribution is 2.39. The van der Waals surface area contributed by atoms with Gasteiger partial charge in [0.25, 0.3) is 0 Å². The standard InChI is InChI=1S/C23H26N4O4S/c1-13-9-14(2)11-19(10-13)24-22(28)16(4)27-32(29,30)20-12-18(6-5-15(20)3)21-25-23(31-26-21)17-7-8-17/h5-6,9-12,16-17,27H,7-8H2,1-4H3,(H,24,28)/t16-/m0/s1. The molecule has 0 bridgehead atoms. The van der Waals surface area contributed by atoms with Gasteiger partial charge in [-0.2, -0.15) is 9.71 Å². The summed E-state index contributed by atoms with van der Waals surface area (Å²) in [6, 6.07) is 9.64. The van der Waals surface area contributed by atoms with E-state index in [4.69, 9.17) is 4.52 Å². The summed E-state index contributed by atoms with van der Waals surface area (Å²) in [5.41, 5.74) is 3.73. The van der Waals surface area contributed by atoms with Crippen LogP contribution in [0.3, 0.4) is 0 Å². The van der Waals surface area contributed by atoms with Crippen LogP contribution in [0.2, 0.25) is 0 Å². The number of benzene rings is 2. The summed E-state index contributed by atoms with van der Waals surface area (Å²) in [6.45, 7) is 7.07. The van der Waals surface area contributed by atoms with Crippen LogP contribution in [-0.2, 0) is 14.8 Å². The van der Waals surface area contributed by atoms with Gasteiger partial charge >= 0.3 is 0 Å². The van der Waals surface area contributed by atoms with Crippen molar-refractivity contribution in [1.29, 1.82) is 0 Å². The van der Waals surface area contributed by atoms with Gasteiger partial charge in [-0.3, -0.25) is 4.79 Å². The number of hydrogen-bond donors (Lipinski definition) is 2. The Labute approximate surface area is 187 Å². The van der Waals surface area contributed by atoms with Crippen LogP contribution >= 0.6 is 0 Å². The van der Waals surface area contributed by atoms with E-state index in [9.17, 15) is 13.2 Å². The van der Waals surface area contributed by atoms with Crippen LogP contribution < -0.4 is 10.0 Å². The molecule has 4 rings (SSSR count). The summed E-state index contributed by atoms with van der Waals surface area (Å²) in [5.74, 6) is 0.798. The SMILES string of the molecule is Cc1cc(C)cc(NC(=O)[C@H](C)NS(=O)(=O)c2cc(-c3noc(C4CC4)n3)ccc2C)c1. The van der Waals surface area contributed by atoms with Crippen molar-refractivity contribution in [2.75, 3.05) is 5.32 Å². The van der Waals surface area contributed by atoms with Crippen molar-refractivity contribution in [3.05, 3.63) is 59.0 Å². The fourth-order valence-corrected chi connectivity index (χ4v) is 5.00. The molecule has 1 aromatic heterocycles. The molecule has 1 heterocycles. The summed E-state index contributed by atoms with van der Waals surface area (Å²) < 4.78 is 33.9. The van der Waals surface area contributed by atoms with Crippen molar-refractivity contribution >= 4 is 21.6 Å². The first-order valence-corrected chi connectivity index (χ1v) is 12.0. The Bertz CT molecular complexity index is 1260. The van der Waals surface area contributed by atoms with E-state index < -0.39 is 22.0 Å². The molecule has 1 aliphatic rings. The number of aromatic nitrogens is 2. The Morgan fingerprint density at radius 1 is 1.09 bits per heavy atom. The smallest absolute Gasteiger partial charge is 0.242 e.